The van der Waals surface area contributed by atoms with E-state index < -0.39 is 22.4 Å². The molecule has 0 aliphatic carbocycles. The number of benzene rings is 1. The van der Waals surface area contributed by atoms with Crippen LogP contribution < -0.4 is 0 Å². The van der Waals surface area contributed by atoms with Crippen molar-refractivity contribution in [1.82, 2.24) is 4.31 Å². The molecule has 2 atom stereocenters. The second-order valence-electron chi connectivity index (χ2n) is 5.50. The molecule has 1 saturated heterocycles. The number of hydrogen-bond acceptors (Lipinski definition) is 3. The van der Waals surface area contributed by atoms with Crippen LogP contribution in [-0.2, 0) is 16.6 Å². The quantitative estimate of drug-likeness (QED) is 0.930. The fourth-order valence-corrected chi connectivity index (χ4v) is 4.65. The van der Waals surface area contributed by atoms with E-state index in [9.17, 15) is 17.9 Å². The Morgan fingerprint density at radius 3 is 2.70 bits per heavy atom. The number of aliphatic hydroxyl groups excluding tert-OH is 1. The van der Waals surface area contributed by atoms with Crippen LogP contribution in [0, 0.1) is 11.7 Å². The summed E-state index contributed by atoms with van der Waals surface area (Å²) < 4.78 is 40.2. The van der Waals surface area contributed by atoms with E-state index in [1.807, 2.05) is 6.92 Å². The van der Waals surface area contributed by atoms with Gasteiger partial charge in [-0.25, -0.2) is 12.8 Å². The van der Waals surface area contributed by atoms with Gasteiger partial charge < -0.3 is 5.11 Å². The number of rotatable bonds is 3. The zero-order chi connectivity index (χ0) is 14.9. The predicted molar refractivity (Wildman–Crippen MR) is 74.1 cm³/mol. The van der Waals surface area contributed by atoms with Gasteiger partial charge in [-0.15, -0.1) is 0 Å². The van der Waals surface area contributed by atoms with Crippen molar-refractivity contribution in [1.29, 1.82) is 0 Å². The highest BCUT2D eigenvalue weighted by molar-refractivity contribution is 7.89. The van der Waals surface area contributed by atoms with Crippen LogP contribution in [0.25, 0.3) is 0 Å². The molecular formula is C14H20FNO3S. The summed E-state index contributed by atoms with van der Waals surface area (Å²) in [6.07, 6.45) is 1.59. The van der Waals surface area contributed by atoms with E-state index in [2.05, 4.69) is 6.92 Å². The third-order valence-electron chi connectivity index (χ3n) is 3.86. The van der Waals surface area contributed by atoms with Crippen LogP contribution >= 0.6 is 0 Å². The van der Waals surface area contributed by atoms with E-state index in [4.69, 9.17) is 0 Å². The fourth-order valence-electron chi connectivity index (χ4n) is 2.77. The summed E-state index contributed by atoms with van der Waals surface area (Å²) in [5.74, 6) is -0.125. The van der Waals surface area contributed by atoms with Crippen molar-refractivity contribution in [2.45, 2.75) is 44.2 Å². The van der Waals surface area contributed by atoms with Crippen molar-refractivity contribution in [2.75, 3.05) is 6.54 Å². The van der Waals surface area contributed by atoms with E-state index in [1.165, 1.54) is 10.4 Å². The van der Waals surface area contributed by atoms with Crippen molar-refractivity contribution in [3.8, 4) is 0 Å². The van der Waals surface area contributed by atoms with Gasteiger partial charge in [0.25, 0.3) is 0 Å². The number of piperidine rings is 1. The zero-order valence-corrected chi connectivity index (χ0v) is 12.5. The molecule has 1 N–H and O–H groups in total. The third kappa shape index (κ3) is 2.87. The molecule has 1 aliphatic rings. The van der Waals surface area contributed by atoms with Crippen molar-refractivity contribution < 1.29 is 17.9 Å². The van der Waals surface area contributed by atoms with Crippen LogP contribution in [-0.4, -0.2) is 30.4 Å². The van der Waals surface area contributed by atoms with Gasteiger partial charge in [0.2, 0.25) is 10.0 Å². The molecule has 0 radical (unpaired) electrons. The number of sulfonamides is 1. The molecule has 0 aromatic heterocycles. The Hall–Kier alpha value is -0.980. The van der Waals surface area contributed by atoms with Gasteiger partial charge in [0, 0.05) is 12.6 Å². The van der Waals surface area contributed by atoms with Gasteiger partial charge in [-0.1, -0.05) is 13.0 Å². The fraction of sp³-hybridized carbons (Fsp3) is 0.571. The van der Waals surface area contributed by atoms with E-state index in [0.717, 1.165) is 25.0 Å². The van der Waals surface area contributed by atoms with Gasteiger partial charge in [-0.3, -0.25) is 0 Å². The van der Waals surface area contributed by atoms with Crippen LogP contribution in [0.5, 0.6) is 0 Å². The topological polar surface area (TPSA) is 57.6 Å². The molecule has 2 rings (SSSR count). The molecule has 0 saturated carbocycles. The normalized spacial score (nSPS) is 24.8. The van der Waals surface area contributed by atoms with Crippen molar-refractivity contribution in [3.63, 3.8) is 0 Å². The van der Waals surface area contributed by atoms with Gasteiger partial charge in [0.15, 0.2) is 0 Å². The minimum absolute atomic E-state index is 0.112. The first-order valence-electron chi connectivity index (χ1n) is 6.77. The molecule has 1 aromatic rings. The zero-order valence-electron chi connectivity index (χ0n) is 11.7. The average Bonchev–Trinajstić information content (AvgIpc) is 2.38. The highest BCUT2D eigenvalue weighted by Crippen LogP contribution is 2.29. The second-order valence-corrected chi connectivity index (χ2v) is 7.36. The number of halogens is 1. The molecular weight excluding hydrogens is 281 g/mol. The monoisotopic (exact) mass is 301 g/mol. The SMILES string of the molecule is CC1CCN(S(=O)(=O)c2cc(F)ccc2CO)C(C)C1. The van der Waals surface area contributed by atoms with Gasteiger partial charge in [-0.2, -0.15) is 4.31 Å². The molecule has 0 bridgehead atoms. The maximum absolute atomic E-state index is 13.4. The molecule has 6 heteroatoms. The van der Waals surface area contributed by atoms with Gasteiger partial charge >= 0.3 is 0 Å². The minimum atomic E-state index is -3.77. The summed E-state index contributed by atoms with van der Waals surface area (Å²) >= 11 is 0. The van der Waals surface area contributed by atoms with Gasteiger partial charge in [0.05, 0.1) is 11.5 Å². The molecule has 0 amide bonds. The summed E-state index contributed by atoms with van der Waals surface area (Å²) in [5, 5.41) is 9.27. The van der Waals surface area contributed by atoms with Gasteiger partial charge in [0.1, 0.15) is 5.82 Å². The third-order valence-corrected chi connectivity index (χ3v) is 5.96. The lowest BCUT2D eigenvalue weighted by atomic mass is 9.95. The minimum Gasteiger partial charge on any atom is -0.392 e. The summed E-state index contributed by atoms with van der Waals surface area (Å²) in [4.78, 5) is -0.124. The Bertz CT molecular complexity index is 588. The lowest BCUT2D eigenvalue weighted by molar-refractivity contribution is 0.219. The van der Waals surface area contributed by atoms with Crippen molar-refractivity contribution >= 4 is 10.0 Å². The maximum Gasteiger partial charge on any atom is 0.243 e. The highest BCUT2D eigenvalue weighted by Gasteiger charge is 2.34. The molecule has 20 heavy (non-hydrogen) atoms. The predicted octanol–water partition coefficient (Wildman–Crippen LogP) is 2.13. The molecule has 112 valence electrons. The maximum atomic E-state index is 13.4. The highest BCUT2D eigenvalue weighted by atomic mass is 32.2. The van der Waals surface area contributed by atoms with Crippen molar-refractivity contribution in [3.05, 3.63) is 29.6 Å². The lowest BCUT2D eigenvalue weighted by Crippen LogP contribution is -2.44. The Morgan fingerprint density at radius 1 is 1.40 bits per heavy atom. The molecule has 2 unspecified atom stereocenters. The molecule has 1 fully saturated rings. The average molecular weight is 301 g/mol. The van der Waals surface area contributed by atoms with Crippen LogP contribution in [0.4, 0.5) is 4.39 Å². The summed E-state index contributed by atoms with van der Waals surface area (Å²) in [7, 11) is -3.77. The van der Waals surface area contributed by atoms with E-state index in [-0.39, 0.29) is 16.5 Å². The number of nitrogens with zero attached hydrogens (tertiary/aromatic N) is 1. The first kappa shape index (κ1) is 15.4. The summed E-state index contributed by atoms with van der Waals surface area (Å²) in [6.45, 7) is 3.98. The Morgan fingerprint density at radius 2 is 2.10 bits per heavy atom. The van der Waals surface area contributed by atoms with Gasteiger partial charge in [-0.05, 0) is 43.4 Å². The molecule has 1 heterocycles. The smallest absolute Gasteiger partial charge is 0.243 e. The van der Waals surface area contributed by atoms with E-state index >= 15 is 0 Å². The summed E-state index contributed by atoms with van der Waals surface area (Å²) in [6, 6.07) is 3.36. The van der Waals surface area contributed by atoms with Crippen LogP contribution in [0.3, 0.4) is 0 Å². The Balaban J connectivity index is 2.42. The summed E-state index contributed by atoms with van der Waals surface area (Å²) in [5.41, 5.74) is 0.234. The number of aliphatic hydroxyl groups is 1. The molecule has 4 nitrogen and oxygen atoms in total. The van der Waals surface area contributed by atoms with E-state index in [1.54, 1.807) is 0 Å². The Kier molecular flexibility index (Phi) is 4.46. The standard InChI is InChI=1S/C14H20FNO3S/c1-10-5-6-16(11(2)7-10)20(18,19)14-8-13(15)4-3-12(14)9-17/h3-4,8,10-11,17H,5-7,9H2,1-2H3. The Labute approximate surface area is 119 Å². The second kappa shape index (κ2) is 5.79. The lowest BCUT2D eigenvalue weighted by Gasteiger charge is -2.35. The van der Waals surface area contributed by atoms with E-state index in [0.29, 0.717) is 12.5 Å². The van der Waals surface area contributed by atoms with Crippen LogP contribution in [0.1, 0.15) is 32.3 Å². The van der Waals surface area contributed by atoms with Crippen LogP contribution in [0.2, 0.25) is 0 Å². The molecule has 0 spiro atoms. The largest absolute Gasteiger partial charge is 0.392 e. The van der Waals surface area contributed by atoms with Crippen molar-refractivity contribution in [2.24, 2.45) is 5.92 Å². The molecule has 1 aromatic carbocycles. The molecule has 1 aliphatic heterocycles. The first-order valence-corrected chi connectivity index (χ1v) is 8.21. The number of hydrogen-bond donors (Lipinski definition) is 1. The van der Waals surface area contributed by atoms with Crippen LogP contribution in [0.15, 0.2) is 23.1 Å². The first-order chi connectivity index (χ1) is 9.36.